The smallest absolute Gasteiger partial charge is 0.407 e. The Morgan fingerprint density at radius 1 is 1.31 bits per heavy atom. The van der Waals surface area contributed by atoms with E-state index in [1.165, 1.54) is 0 Å². The van der Waals surface area contributed by atoms with Gasteiger partial charge in [0, 0.05) is 6.04 Å². The number of nitrogens with one attached hydrogen (secondary N) is 1. The van der Waals surface area contributed by atoms with E-state index in [0.717, 1.165) is 24.3 Å². The number of rotatable bonds is 7. The molecule has 0 aliphatic heterocycles. The quantitative estimate of drug-likeness (QED) is 0.763. The molecule has 2 rings (SSSR count). The van der Waals surface area contributed by atoms with Crippen LogP contribution >= 0.6 is 0 Å². The van der Waals surface area contributed by atoms with E-state index in [4.69, 9.17) is 9.47 Å². The van der Waals surface area contributed by atoms with Gasteiger partial charge in [0.25, 0.3) is 0 Å². The minimum atomic E-state index is -0.490. The SMILES string of the molecule is Cc1ncn(-c2ccccc2OCCCC(C)NC(=O)OC(C)(C)C)n1. The highest BCUT2D eigenvalue weighted by atomic mass is 16.6. The molecule has 7 heteroatoms. The second kappa shape index (κ2) is 8.69. The van der Waals surface area contributed by atoms with Crippen molar-refractivity contribution in [1.29, 1.82) is 0 Å². The predicted octanol–water partition coefficient (Wildman–Crippen LogP) is 3.65. The van der Waals surface area contributed by atoms with Gasteiger partial charge in [0.2, 0.25) is 0 Å². The van der Waals surface area contributed by atoms with Crippen LogP contribution in [0, 0.1) is 6.92 Å². The standard InChI is InChI=1S/C19H28N4O3/c1-14(21-18(24)26-19(3,4)5)9-8-12-25-17-11-7-6-10-16(17)23-13-20-15(2)22-23/h6-7,10-11,13-14H,8-9,12H2,1-5H3,(H,21,24). The molecule has 7 nitrogen and oxygen atoms in total. The van der Waals surface area contributed by atoms with Gasteiger partial charge in [0.1, 0.15) is 29.2 Å². The summed E-state index contributed by atoms with van der Waals surface area (Å²) in [5.41, 5.74) is 0.365. The third-order valence-corrected chi connectivity index (χ3v) is 3.52. The second-order valence-electron chi connectivity index (χ2n) is 7.24. The van der Waals surface area contributed by atoms with Crippen LogP contribution in [-0.4, -0.2) is 39.1 Å². The lowest BCUT2D eigenvalue weighted by molar-refractivity contribution is 0.0505. The fourth-order valence-corrected chi connectivity index (χ4v) is 2.38. The summed E-state index contributed by atoms with van der Waals surface area (Å²) in [6.45, 7) is 9.89. The van der Waals surface area contributed by atoms with Crippen LogP contribution in [0.1, 0.15) is 46.4 Å². The van der Waals surface area contributed by atoms with Gasteiger partial charge >= 0.3 is 6.09 Å². The number of carbonyl (C=O) groups is 1. The van der Waals surface area contributed by atoms with Crippen LogP contribution in [0.4, 0.5) is 4.79 Å². The first-order valence-electron chi connectivity index (χ1n) is 8.84. The lowest BCUT2D eigenvalue weighted by Crippen LogP contribution is -2.37. The zero-order valence-electron chi connectivity index (χ0n) is 16.2. The molecule has 1 aromatic heterocycles. The lowest BCUT2D eigenvalue weighted by atomic mass is 10.2. The number of alkyl carbamates (subject to hydrolysis) is 1. The fourth-order valence-electron chi connectivity index (χ4n) is 2.38. The largest absolute Gasteiger partial charge is 0.491 e. The number of nitrogens with zero attached hydrogens (tertiary/aromatic N) is 3. The fraction of sp³-hybridized carbons (Fsp3) is 0.526. The van der Waals surface area contributed by atoms with E-state index in [1.807, 2.05) is 58.9 Å². The summed E-state index contributed by atoms with van der Waals surface area (Å²) < 4.78 is 12.9. The highest BCUT2D eigenvalue weighted by molar-refractivity contribution is 5.67. The van der Waals surface area contributed by atoms with Gasteiger partial charge in [-0.1, -0.05) is 12.1 Å². The summed E-state index contributed by atoms with van der Waals surface area (Å²) >= 11 is 0. The zero-order valence-corrected chi connectivity index (χ0v) is 16.2. The number of benzene rings is 1. The van der Waals surface area contributed by atoms with Gasteiger partial charge in [-0.2, -0.15) is 5.10 Å². The predicted molar refractivity (Wildman–Crippen MR) is 99.7 cm³/mol. The van der Waals surface area contributed by atoms with Crippen LogP contribution in [-0.2, 0) is 4.74 Å². The van der Waals surface area contributed by atoms with E-state index >= 15 is 0 Å². The van der Waals surface area contributed by atoms with Crippen LogP contribution in [0.5, 0.6) is 5.75 Å². The van der Waals surface area contributed by atoms with Crippen molar-refractivity contribution in [2.45, 2.75) is 59.1 Å². The molecule has 2 aromatic rings. The van der Waals surface area contributed by atoms with Crippen molar-refractivity contribution in [3.05, 3.63) is 36.4 Å². The first-order valence-corrected chi connectivity index (χ1v) is 8.84. The van der Waals surface area contributed by atoms with Crippen molar-refractivity contribution in [2.75, 3.05) is 6.61 Å². The van der Waals surface area contributed by atoms with Crippen molar-refractivity contribution >= 4 is 6.09 Å². The number of aromatic nitrogens is 3. The molecular weight excluding hydrogens is 332 g/mol. The normalized spacial score (nSPS) is 12.5. The number of carbonyl (C=O) groups excluding carboxylic acids is 1. The average molecular weight is 360 g/mol. The summed E-state index contributed by atoms with van der Waals surface area (Å²) in [4.78, 5) is 15.9. The van der Waals surface area contributed by atoms with Crippen molar-refractivity contribution in [2.24, 2.45) is 0 Å². The van der Waals surface area contributed by atoms with Crippen LogP contribution in [0.3, 0.4) is 0 Å². The van der Waals surface area contributed by atoms with E-state index in [0.29, 0.717) is 12.4 Å². The molecular formula is C19H28N4O3. The van der Waals surface area contributed by atoms with Gasteiger partial charge < -0.3 is 14.8 Å². The second-order valence-corrected chi connectivity index (χ2v) is 7.24. The molecule has 1 N–H and O–H groups in total. The summed E-state index contributed by atoms with van der Waals surface area (Å²) in [6.07, 6.45) is 2.88. The molecule has 142 valence electrons. The summed E-state index contributed by atoms with van der Waals surface area (Å²) in [6, 6.07) is 7.73. The van der Waals surface area contributed by atoms with Gasteiger partial charge in [-0.05, 0) is 59.6 Å². The minimum absolute atomic E-state index is 0.0154. The number of hydrogen-bond acceptors (Lipinski definition) is 5. The minimum Gasteiger partial charge on any atom is -0.491 e. The van der Waals surface area contributed by atoms with E-state index in [-0.39, 0.29) is 6.04 Å². The molecule has 0 fully saturated rings. The summed E-state index contributed by atoms with van der Waals surface area (Å²) in [5.74, 6) is 1.46. The Bertz CT molecular complexity index is 722. The van der Waals surface area contributed by atoms with Crippen molar-refractivity contribution < 1.29 is 14.3 Å². The molecule has 0 aliphatic rings. The Labute approximate surface area is 154 Å². The molecule has 0 aliphatic carbocycles. The van der Waals surface area contributed by atoms with Gasteiger partial charge in [-0.3, -0.25) is 0 Å². The van der Waals surface area contributed by atoms with Crippen molar-refractivity contribution in [1.82, 2.24) is 20.1 Å². The number of aryl methyl sites for hydroxylation is 1. The maximum absolute atomic E-state index is 11.7. The first kappa shape index (κ1) is 19.8. The molecule has 0 spiro atoms. The molecule has 0 bridgehead atoms. The summed E-state index contributed by atoms with van der Waals surface area (Å²) in [7, 11) is 0. The highest BCUT2D eigenvalue weighted by Crippen LogP contribution is 2.22. The van der Waals surface area contributed by atoms with E-state index in [2.05, 4.69) is 15.4 Å². The third kappa shape index (κ3) is 6.38. The lowest BCUT2D eigenvalue weighted by Gasteiger charge is -2.22. The van der Waals surface area contributed by atoms with Gasteiger partial charge in [-0.25, -0.2) is 14.5 Å². The Morgan fingerprint density at radius 3 is 2.69 bits per heavy atom. The maximum Gasteiger partial charge on any atom is 0.407 e. The molecule has 1 atom stereocenters. The molecule has 26 heavy (non-hydrogen) atoms. The molecule has 0 radical (unpaired) electrons. The molecule has 1 unspecified atom stereocenters. The molecule has 1 amide bonds. The zero-order chi connectivity index (χ0) is 19.2. The van der Waals surface area contributed by atoms with E-state index in [1.54, 1.807) is 11.0 Å². The third-order valence-electron chi connectivity index (χ3n) is 3.52. The number of amides is 1. The van der Waals surface area contributed by atoms with Crippen LogP contribution in [0.2, 0.25) is 0 Å². The van der Waals surface area contributed by atoms with Gasteiger partial charge in [0.05, 0.1) is 6.61 Å². The number of hydrogen-bond donors (Lipinski definition) is 1. The maximum atomic E-state index is 11.7. The topological polar surface area (TPSA) is 78.3 Å². The Kier molecular flexibility index (Phi) is 6.60. The average Bonchev–Trinajstić information content (AvgIpc) is 2.96. The van der Waals surface area contributed by atoms with Crippen LogP contribution < -0.4 is 10.1 Å². The number of para-hydroxylation sites is 2. The van der Waals surface area contributed by atoms with Crippen LogP contribution in [0.25, 0.3) is 5.69 Å². The molecule has 0 saturated heterocycles. The van der Waals surface area contributed by atoms with Gasteiger partial charge in [0.15, 0.2) is 0 Å². The molecule has 1 heterocycles. The first-order chi connectivity index (χ1) is 12.2. The van der Waals surface area contributed by atoms with Crippen molar-refractivity contribution in [3.63, 3.8) is 0 Å². The molecule has 0 saturated carbocycles. The highest BCUT2D eigenvalue weighted by Gasteiger charge is 2.17. The number of ether oxygens (including phenoxy) is 2. The summed E-state index contributed by atoms with van der Waals surface area (Å²) in [5, 5.41) is 7.16. The Hall–Kier alpha value is -2.57. The monoisotopic (exact) mass is 360 g/mol. The van der Waals surface area contributed by atoms with Gasteiger partial charge in [-0.15, -0.1) is 0 Å². The van der Waals surface area contributed by atoms with Crippen LogP contribution in [0.15, 0.2) is 30.6 Å². The Balaban J connectivity index is 1.79. The van der Waals surface area contributed by atoms with Crippen molar-refractivity contribution in [3.8, 4) is 11.4 Å². The molecule has 1 aromatic carbocycles. The Morgan fingerprint density at radius 2 is 2.04 bits per heavy atom. The van der Waals surface area contributed by atoms with E-state index < -0.39 is 11.7 Å². The van der Waals surface area contributed by atoms with E-state index in [9.17, 15) is 4.79 Å².